The monoisotopic (exact) mass is 596 g/mol. The Balaban J connectivity index is 1.30. The summed E-state index contributed by atoms with van der Waals surface area (Å²) in [4.78, 5) is 54.0. The second kappa shape index (κ2) is 12.6. The van der Waals surface area contributed by atoms with Gasteiger partial charge in [0, 0.05) is 80.4 Å². The molecule has 3 aliphatic rings. The third-order valence-electron chi connectivity index (χ3n) is 9.33. The molecular weight excluding hydrogens is 552 g/mol. The van der Waals surface area contributed by atoms with Crippen LogP contribution in [-0.2, 0) is 11.3 Å². The predicted octanol–water partition coefficient (Wildman–Crippen LogP) is 4.59. The number of rotatable bonds is 10. The number of aryl methyl sites for hydroxylation is 2. The van der Waals surface area contributed by atoms with Gasteiger partial charge in [0.15, 0.2) is 0 Å². The first-order valence-corrected chi connectivity index (χ1v) is 16.1. The van der Waals surface area contributed by atoms with Crippen molar-refractivity contribution in [3.63, 3.8) is 0 Å². The minimum atomic E-state index is -0.277. The summed E-state index contributed by atoms with van der Waals surface area (Å²) < 4.78 is 0. The number of carbonyl (C=O) groups is 2. The smallest absolute Gasteiger partial charge is 0.253 e. The quantitative estimate of drug-likeness (QED) is 0.355. The number of anilines is 2. The minimum absolute atomic E-state index is 0.0534. The van der Waals surface area contributed by atoms with E-state index < -0.39 is 0 Å². The summed E-state index contributed by atoms with van der Waals surface area (Å²) in [5, 5.41) is 2.98. The van der Waals surface area contributed by atoms with Crippen LogP contribution in [0.1, 0.15) is 65.3 Å². The third kappa shape index (κ3) is 6.58. The Morgan fingerprint density at radius 2 is 1.75 bits per heavy atom. The van der Waals surface area contributed by atoms with Crippen molar-refractivity contribution in [1.82, 2.24) is 20.2 Å². The van der Waals surface area contributed by atoms with Crippen LogP contribution in [0.4, 0.5) is 11.5 Å². The topological polar surface area (TPSA) is 102 Å². The van der Waals surface area contributed by atoms with Crippen LogP contribution in [0.3, 0.4) is 0 Å². The van der Waals surface area contributed by atoms with Gasteiger partial charge in [-0.25, -0.2) is 4.98 Å². The van der Waals surface area contributed by atoms with Gasteiger partial charge in [-0.2, -0.15) is 0 Å². The summed E-state index contributed by atoms with van der Waals surface area (Å²) in [7, 11) is 0. The number of aromatic amines is 1. The van der Waals surface area contributed by atoms with Gasteiger partial charge in [0.2, 0.25) is 5.91 Å². The van der Waals surface area contributed by atoms with Crippen molar-refractivity contribution >= 4 is 23.3 Å². The van der Waals surface area contributed by atoms with Crippen molar-refractivity contribution < 1.29 is 9.59 Å². The van der Waals surface area contributed by atoms with Crippen LogP contribution in [0.5, 0.6) is 0 Å². The molecule has 2 amide bonds. The maximum absolute atomic E-state index is 13.8. The third-order valence-corrected chi connectivity index (χ3v) is 9.33. The van der Waals surface area contributed by atoms with E-state index in [9.17, 15) is 14.4 Å². The first-order chi connectivity index (χ1) is 21.2. The maximum atomic E-state index is 13.8. The van der Waals surface area contributed by atoms with Crippen LogP contribution in [0.15, 0.2) is 41.3 Å². The molecule has 9 heteroatoms. The van der Waals surface area contributed by atoms with Crippen molar-refractivity contribution in [1.29, 1.82) is 0 Å². The molecule has 3 heterocycles. The molecule has 9 nitrogen and oxygen atoms in total. The molecule has 2 aliphatic carbocycles. The van der Waals surface area contributed by atoms with E-state index in [1.807, 2.05) is 63.1 Å². The lowest BCUT2D eigenvalue weighted by Gasteiger charge is -2.35. The Kier molecular flexibility index (Phi) is 8.58. The first-order valence-electron chi connectivity index (χ1n) is 16.1. The molecule has 1 aliphatic heterocycles. The number of benzene rings is 1. The summed E-state index contributed by atoms with van der Waals surface area (Å²) in [5.74, 6) is 1.71. The lowest BCUT2D eigenvalue weighted by atomic mass is 9.96. The molecule has 0 bridgehead atoms. The van der Waals surface area contributed by atoms with E-state index in [0.29, 0.717) is 17.7 Å². The zero-order valence-electron chi connectivity index (χ0n) is 26.4. The Labute approximate surface area is 259 Å². The number of nitrogens with zero attached hydrogens (tertiary/aromatic N) is 4. The molecule has 0 unspecified atom stereocenters. The fraction of sp³-hybridized carbons (Fsp3) is 0.486. The second-order valence-corrected chi connectivity index (χ2v) is 12.8. The lowest BCUT2D eigenvalue weighted by Crippen LogP contribution is -2.47. The van der Waals surface area contributed by atoms with E-state index >= 15 is 0 Å². The molecule has 1 aromatic carbocycles. The SMILES string of the molecule is CCN(C(=O)C1CC1)c1cc(-c2ccnc(N3CCN(CC4CC4)CC3)c2)cc(C(=O)NCc2c(C)cc(C)[nH]c2=O)c1C. The Morgan fingerprint density at radius 3 is 2.41 bits per heavy atom. The number of amides is 2. The number of hydrogen-bond acceptors (Lipinski definition) is 6. The normalized spacial score (nSPS) is 17.0. The van der Waals surface area contributed by atoms with Gasteiger partial charge in [-0.05, 0) is 112 Å². The lowest BCUT2D eigenvalue weighted by molar-refractivity contribution is -0.119. The zero-order valence-corrected chi connectivity index (χ0v) is 26.4. The Morgan fingerprint density at radius 1 is 1.00 bits per heavy atom. The van der Waals surface area contributed by atoms with Crippen LogP contribution in [0, 0.1) is 32.6 Å². The number of carbonyl (C=O) groups excluding carboxylic acids is 2. The van der Waals surface area contributed by atoms with E-state index in [1.165, 1.54) is 19.4 Å². The van der Waals surface area contributed by atoms with Crippen LogP contribution in [0.25, 0.3) is 11.1 Å². The van der Waals surface area contributed by atoms with Crippen LogP contribution in [0.2, 0.25) is 0 Å². The molecule has 6 rings (SSSR count). The number of nitrogens with one attached hydrogen (secondary N) is 2. The molecule has 0 radical (unpaired) electrons. The van der Waals surface area contributed by atoms with Crippen LogP contribution < -0.4 is 20.7 Å². The molecule has 2 saturated carbocycles. The molecule has 1 saturated heterocycles. The highest BCUT2D eigenvalue weighted by atomic mass is 16.2. The maximum Gasteiger partial charge on any atom is 0.253 e. The molecule has 0 atom stereocenters. The zero-order chi connectivity index (χ0) is 31.0. The van der Waals surface area contributed by atoms with E-state index in [0.717, 1.165) is 84.4 Å². The molecule has 3 aromatic rings. The average molecular weight is 597 g/mol. The van der Waals surface area contributed by atoms with E-state index in [4.69, 9.17) is 4.98 Å². The minimum Gasteiger partial charge on any atom is -0.354 e. The summed E-state index contributed by atoms with van der Waals surface area (Å²) in [6.45, 7) is 13.4. The van der Waals surface area contributed by atoms with Crippen LogP contribution in [-0.4, -0.2) is 66.0 Å². The van der Waals surface area contributed by atoms with E-state index in [1.54, 1.807) is 0 Å². The summed E-state index contributed by atoms with van der Waals surface area (Å²) in [6, 6.07) is 9.92. The average Bonchev–Trinajstić information content (AvgIpc) is 3.94. The Hall–Kier alpha value is -3.98. The molecular formula is C35H44N6O3. The van der Waals surface area contributed by atoms with Crippen molar-refractivity contribution in [3.05, 3.63) is 74.8 Å². The Bertz CT molecular complexity index is 1620. The number of piperazine rings is 1. The van der Waals surface area contributed by atoms with Gasteiger partial charge in [-0.3, -0.25) is 19.3 Å². The van der Waals surface area contributed by atoms with Crippen molar-refractivity contribution in [2.75, 3.05) is 49.1 Å². The first kappa shape index (κ1) is 30.1. The van der Waals surface area contributed by atoms with Crippen molar-refractivity contribution in [3.8, 4) is 11.1 Å². The van der Waals surface area contributed by atoms with Gasteiger partial charge in [-0.15, -0.1) is 0 Å². The van der Waals surface area contributed by atoms with Gasteiger partial charge in [0.25, 0.3) is 11.5 Å². The molecule has 44 heavy (non-hydrogen) atoms. The molecule has 2 N–H and O–H groups in total. The molecule has 2 aromatic heterocycles. The number of H-pyrrole nitrogens is 1. The van der Waals surface area contributed by atoms with Gasteiger partial charge < -0.3 is 20.1 Å². The molecule has 232 valence electrons. The number of hydrogen-bond donors (Lipinski definition) is 2. The van der Waals surface area contributed by atoms with Crippen molar-refractivity contribution in [2.45, 2.75) is 59.9 Å². The van der Waals surface area contributed by atoms with Crippen LogP contribution >= 0.6 is 0 Å². The summed E-state index contributed by atoms with van der Waals surface area (Å²) in [5.41, 5.74) is 5.76. The highest BCUT2D eigenvalue weighted by molar-refractivity contribution is 6.03. The van der Waals surface area contributed by atoms with Gasteiger partial charge in [0.05, 0.1) is 0 Å². The van der Waals surface area contributed by atoms with E-state index in [-0.39, 0.29) is 29.8 Å². The van der Waals surface area contributed by atoms with Crippen molar-refractivity contribution in [2.24, 2.45) is 11.8 Å². The number of aromatic nitrogens is 2. The fourth-order valence-corrected chi connectivity index (χ4v) is 6.34. The standard InChI is InChI=1S/C35H44N6O3/c1-5-41(35(44)26-8-9-26)31-18-28(17-29(24(31)4)33(42)37-20-30-22(2)16-23(3)38-34(30)43)27-10-11-36-32(19-27)40-14-12-39(13-15-40)21-25-6-7-25/h10-11,16-19,25-26H,5-9,12-15,20-21H2,1-4H3,(H,37,42)(H,38,43). The van der Waals surface area contributed by atoms with Gasteiger partial charge in [0.1, 0.15) is 5.82 Å². The summed E-state index contributed by atoms with van der Waals surface area (Å²) >= 11 is 0. The number of pyridine rings is 2. The van der Waals surface area contributed by atoms with Gasteiger partial charge >= 0.3 is 0 Å². The highest BCUT2D eigenvalue weighted by Crippen LogP contribution is 2.37. The largest absolute Gasteiger partial charge is 0.354 e. The predicted molar refractivity (Wildman–Crippen MR) is 174 cm³/mol. The highest BCUT2D eigenvalue weighted by Gasteiger charge is 2.34. The van der Waals surface area contributed by atoms with Gasteiger partial charge in [-0.1, -0.05) is 0 Å². The van der Waals surface area contributed by atoms with E-state index in [2.05, 4.69) is 26.2 Å². The fourth-order valence-electron chi connectivity index (χ4n) is 6.34. The molecule has 3 fully saturated rings. The summed E-state index contributed by atoms with van der Waals surface area (Å²) in [6.07, 6.45) is 6.39. The second-order valence-electron chi connectivity index (χ2n) is 12.8. The molecule has 0 spiro atoms.